The summed E-state index contributed by atoms with van der Waals surface area (Å²) in [7, 11) is 0. The molecule has 1 saturated heterocycles. The Bertz CT molecular complexity index is 548. The van der Waals surface area contributed by atoms with Gasteiger partial charge in [0.05, 0.1) is 12.6 Å². The van der Waals surface area contributed by atoms with Crippen LogP contribution in [0.3, 0.4) is 0 Å². The summed E-state index contributed by atoms with van der Waals surface area (Å²) in [5, 5.41) is 9.13. The van der Waals surface area contributed by atoms with Crippen LogP contribution < -0.4 is 11.2 Å². The van der Waals surface area contributed by atoms with Crippen LogP contribution in [0.4, 0.5) is 0 Å². The molecule has 0 saturated carbocycles. The zero-order valence-electron chi connectivity index (χ0n) is 9.83. The zero-order chi connectivity index (χ0) is 13.1. The van der Waals surface area contributed by atoms with Gasteiger partial charge in [-0.2, -0.15) is 0 Å². The molecule has 1 amide bonds. The first kappa shape index (κ1) is 12.6. The topological polar surface area (TPSA) is 95.4 Å². The molecule has 7 heteroatoms. The minimum atomic E-state index is -0.601. The molecule has 1 fully saturated rings. The van der Waals surface area contributed by atoms with Crippen molar-refractivity contribution in [2.75, 3.05) is 13.2 Å². The Balaban J connectivity index is 2.11. The maximum Gasteiger partial charge on any atom is 0.328 e. The highest BCUT2D eigenvalue weighted by atomic mass is 16.3. The van der Waals surface area contributed by atoms with Crippen LogP contribution in [0, 0.1) is 0 Å². The Morgan fingerprint density at radius 1 is 1.50 bits per heavy atom. The van der Waals surface area contributed by atoms with E-state index < -0.39 is 11.2 Å². The van der Waals surface area contributed by atoms with E-state index in [9.17, 15) is 14.4 Å². The number of carbonyl (C=O) groups excluding carboxylic acids is 1. The Labute approximate surface area is 103 Å². The predicted molar refractivity (Wildman–Crippen MR) is 63.1 cm³/mol. The number of aromatic nitrogens is 2. The van der Waals surface area contributed by atoms with Crippen LogP contribution >= 0.6 is 0 Å². The fraction of sp³-hybridized carbons (Fsp3) is 0.545. The lowest BCUT2D eigenvalue weighted by Crippen LogP contribution is -2.42. The van der Waals surface area contributed by atoms with E-state index in [0.29, 0.717) is 6.54 Å². The molecule has 0 spiro atoms. The third kappa shape index (κ3) is 2.51. The van der Waals surface area contributed by atoms with Crippen LogP contribution in [0.5, 0.6) is 0 Å². The predicted octanol–water partition coefficient (Wildman–Crippen LogP) is -1.48. The summed E-state index contributed by atoms with van der Waals surface area (Å²) >= 11 is 0. The van der Waals surface area contributed by atoms with Gasteiger partial charge in [-0.1, -0.05) is 0 Å². The first-order chi connectivity index (χ1) is 8.61. The van der Waals surface area contributed by atoms with E-state index in [1.807, 2.05) is 0 Å². The van der Waals surface area contributed by atoms with Gasteiger partial charge in [-0.3, -0.25) is 19.1 Å². The van der Waals surface area contributed by atoms with Crippen LogP contribution in [-0.2, 0) is 11.3 Å². The second kappa shape index (κ2) is 5.18. The SMILES string of the molecule is O=C(Cn1ccc(=O)[nH]c1=O)N1CCCC1CO. The van der Waals surface area contributed by atoms with Crippen LogP contribution in [0.15, 0.2) is 21.9 Å². The van der Waals surface area contributed by atoms with Crippen LogP contribution in [-0.4, -0.2) is 44.7 Å². The summed E-state index contributed by atoms with van der Waals surface area (Å²) in [6, 6.07) is 1.04. The van der Waals surface area contributed by atoms with Gasteiger partial charge in [-0.15, -0.1) is 0 Å². The van der Waals surface area contributed by atoms with Gasteiger partial charge in [0.15, 0.2) is 0 Å². The van der Waals surface area contributed by atoms with Crippen molar-refractivity contribution < 1.29 is 9.90 Å². The van der Waals surface area contributed by atoms with Gasteiger partial charge < -0.3 is 10.0 Å². The molecule has 2 rings (SSSR count). The number of aliphatic hydroxyl groups excluding tert-OH is 1. The number of nitrogens with one attached hydrogen (secondary N) is 1. The monoisotopic (exact) mass is 253 g/mol. The number of aromatic amines is 1. The number of likely N-dealkylation sites (tertiary alicyclic amines) is 1. The number of nitrogens with zero attached hydrogens (tertiary/aromatic N) is 2. The Hall–Kier alpha value is -1.89. The molecule has 98 valence electrons. The smallest absolute Gasteiger partial charge is 0.328 e. The molecular weight excluding hydrogens is 238 g/mol. The molecule has 2 heterocycles. The standard InChI is InChI=1S/C11H15N3O4/c15-7-8-2-1-4-14(8)10(17)6-13-5-3-9(16)12-11(13)18/h3,5,8,15H,1-2,4,6-7H2,(H,12,16,18). The lowest BCUT2D eigenvalue weighted by molar-refractivity contribution is -0.133. The summed E-state index contributed by atoms with van der Waals surface area (Å²) < 4.78 is 1.15. The average molecular weight is 253 g/mol. The number of carbonyl (C=O) groups is 1. The van der Waals surface area contributed by atoms with E-state index in [-0.39, 0.29) is 25.1 Å². The highest BCUT2D eigenvalue weighted by Gasteiger charge is 2.27. The van der Waals surface area contributed by atoms with Crippen molar-refractivity contribution in [2.24, 2.45) is 0 Å². The molecule has 0 radical (unpaired) electrons. The van der Waals surface area contributed by atoms with Crippen molar-refractivity contribution in [3.8, 4) is 0 Å². The first-order valence-corrected chi connectivity index (χ1v) is 5.82. The van der Waals surface area contributed by atoms with Crippen molar-refractivity contribution in [1.82, 2.24) is 14.5 Å². The van der Waals surface area contributed by atoms with E-state index >= 15 is 0 Å². The molecule has 0 aromatic carbocycles. The fourth-order valence-corrected chi connectivity index (χ4v) is 2.16. The molecule has 0 aliphatic carbocycles. The Morgan fingerprint density at radius 3 is 2.94 bits per heavy atom. The van der Waals surface area contributed by atoms with Gasteiger partial charge >= 0.3 is 5.69 Å². The molecular formula is C11H15N3O4. The summed E-state index contributed by atoms with van der Waals surface area (Å²) in [4.78, 5) is 38.0. The highest BCUT2D eigenvalue weighted by Crippen LogP contribution is 2.16. The number of amides is 1. The van der Waals surface area contributed by atoms with E-state index in [1.165, 1.54) is 12.3 Å². The molecule has 0 bridgehead atoms. The normalized spacial score (nSPS) is 19.2. The molecule has 2 N–H and O–H groups in total. The summed E-state index contributed by atoms with van der Waals surface area (Å²) in [5.41, 5.74) is -1.09. The molecule has 1 aliphatic heterocycles. The van der Waals surface area contributed by atoms with E-state index in [1.54, 1.807) is 4.90 Å². The number of hydrogen-bond donors (Lipinski definition) is 2. The lowest BCUT2D eigenvalue weighted by Gasteiger charge is -2.23. The van der Waals surface area contributed by atoms with E-state index in [0.717, 1.165) is 17.4 Å². The second-order valence-electron chi connectivity index (χ2n) is 4.30. The number of H-pyrrole nitrogens is 1. The minimum absolute atomic E-state index is 0.0632. The summed E-state index contributed by atoms with van der Waals surface area (Å²) in [5.74, 6) is -0.222. The molecule has 18 heavy (non-hydrogen) atoms. The van der Waals surface area contributed by atoms with Crippen molar-refractivity contribution in [1.29, 1.82) is 0 Å². The molecule has 1 unspecified atom stereocenters. The number of aliphatic hydroxyl groups is 1. The van der Waals surface area contributed by atoms with Crippen LogP contribution in [0.25, 0.3) is 0 Å². The van der Waals surface area contributed by atoms with Gasteiger partial charge in [0.2, 0.25) is 5.91 Å². The van der Waals surface area contributed by atoms with Gasteiger partial charge in [0.25, 0.3) is 5.56 Å². The third-order valence-corrected chi connectivity index (χ3v) is 3.11. The Kier molecular flexibility index (Phi) is 3.61. The van der Waals surface area contributed by atoms with Gasteiger partial charge in [-0.05, 0) is 12.8 Å². The first-order valence-electron chi connectivity index (χ1n) is 5.82. The molecule has 7 nitrogen and oxygen atoms in total. The number of rotatable bonds is 3. The Morgan fingerprint density at radius 2 is 2.28 bits per heavy atom. The number of hydrogen-bond acceptors (Lipinski definition) is 4. The quantitative estimate of drug-likeness (QED) is 0.686. The maximum atomic E-state index is 12.0. The van der Waals surface area contributed by atoms with Crippen LogP contribution in [0.2, 0.25) is 0 Å². The minimum Gasteiger partial charge on any atom is -0.394 e. The van der Waals surface area contributed by atoms with E-state index in [4.69, 9.17) is 5.11 Å². The maximum absolute atomic E-state index is 12.0. The largest absolute Gasteiger partial charge is 0.394 e. The summed E-state index contributed by atoms with van der Waals surface area (Å²) in [6.07, 6.45) is 2.93. The lowest BCUT2D eigenvalue weighted by atomic mass is 10.2. The van der Waals surface area contributed by atoms with Crippen molar-refractivity contribution >= 4 is 5.91 Å². The van der Waals surface area contributed by atoms with Crippen LogP contribution in [0.1, 0.15) is 12.8 Å². The molecule has 1 aliphatic rings. The average Bonchev–Trinajstić information content (AvgIpc) is 2.81. The van der Waals surface area contributed by atoms with Crippen molar-refractivity contribution in [3.63, 3.8) is 0 Å². The third-order valence-electron chi connectivity index (χ3n) is 3.11. The van der Waals surface area contributed by atoms with Crippen molar-refractivity contribution in [3.05, 3.63) is 33.1 Å². The van der Waals surface area contributed by atoms with Crippen molar-refractivity contribution in [2.45, 2.75) is 25.4 Å². The van der Waals surface area contributed by atoms with Gasteiger partial charge in [-0.25, -0.2) is 4.79 Å². The second-order valence-corrected chi connectivity index (χ2v) is 4.30. The van der Waals surface area contributed by atoms with E-state index in [2.05, 4.69) is 4.98 Å². The summed E-state index contributed by atoms with van der Waals surface area (Å²) in [6.45, 7) is 0.417. The fourth-order valence-electron chi connectivity index (χ4n) is 2.16. The molecule has 1 aromatic heterocycles. The van der Waals surface area contributed by atoms with Gasteiger partial charge in [0.1, 0.15) is 6.54 Å². The molecule has 1 aromatic rings. The zero-order valence-corrected chi connectivity index (χ0v) is 9.83. The molecule has 1 atom stereocenters. The highest BCUT2D eigenvalue weighted by molar-refractivity contribution is 5.76. The van der Waals surface area contributed by atoms with Gasteiger partial charge in [0, 0.05) is 18.8 Å².